The number of nitrogens with zero attached hydrogens (tertiary/aromatic N) is 4. The van der Waals surface area contributed by atoms with E-state index in [-0.39, 0.29) is 23.4 Å². The van der Waals surface area contributed by atoms with Gasteiger partial charge in [0.25, 0.3) is 0 Å². The first kappa shape index (κ1) is 16.2. The van der Waals surface area contributed by atoms with Gasteiger partial charge in [0.05, 0.1) is 19.0 Å². The lowest BCUT2D eigenvalue weighted by molar-refractivity contribution is -0.0482. The van der Waals surface area contributed by atoms with Crippen molar-refractivity contribution in [2.24, 2.45) is 0 Å². The summed E-state index contributed by atoms with van der Waals surface area (Å²) in [5, 5.41) is 10.1. The molecule has 2 aromatic rings. The number of rotatable bonds is 4. The highest BCUT2D eigenvalue weighted by Gasteiger charge is 2.37. The largest absolute Gasteiger partial charge is 0.469 e. The maximum atomic E-state index is 13.3. The number of nitrogen functional groups attached to an aromatic ring is 1. The molecule has 0 radical (unpaired) electrons. The lowest BCUT2D eigenvalue weighted by Crippen LogP contribution is -2.19. The van der Waals surface area contributed by atoms with Crippen molar-refractivity contribution < 1.29 is 33.1 Å². The van der Waals surface area contributed by atoms with Crippen molar-refractivity contribution in [2.45, 2.75) is 24.9 Å². The minimum absolute atomic E-state index is 0.0376. The monoisotopic (exact) mass is 349 g/mol. The SMILES string of the molecule is Nc1nc(F)nc2c1ncn2[C@@H]1O[C@H](COP(=O)(O)O)CC1O. The van der Waals surface area contributed by atoms with Gasteiger partial charge in [-0.1, -0.05) is 0 Å². The summed E-state index contributed by atoms with van der Waals surface area (Å²) in [7, 11) is -4.64. The molecule has 3 rings (SSSR count). The predicted molar refractivity (Wildman–Crippen MR) is 72.2 cm³/mol. The van der Waals surface area contributed by atoms with Crippen molar-refractivity contribution in [3.05, 3.63) is 12.4 Å². The number of aromatic nitrogens is 4. The van der Waals surface area contributed by atoms with Crippen LogP contribution in [0, 0.1) is 6.08 Å². The van der Waals surface area contributed by atoms with Gasteiger partial charge in [-0.2, -0.15) is 14.4 Å². The van der Waals surface area contributed by atoms with Gasteiger partial charge in [0, 0.05) is 6.42 Å². The smallest absolute Gasteiger partial charge is 0.388 e. The second-order valence-corrected chi connectivity index (χ2v) is 6.18. The average molecular weight is 349 g/mol. The number of imidazole rings is 1. The minimum Gasteiger partial charge on any atom is -0.388 e. The van der Waals surface area contributed by atoms with Crippen molar-refractivity contribution in [3.8, 4) is 0 Å². The fourth-order valence-electron chi connectivity index (χ4n) is 2.36. The summed E-state index contributed by atoms with van der Waals surface area (Å²) >= 11 is 0. The van der Waals surface area contributed by atoms with E-state index in [0.29, 0.717) is 0 Å². The number of nitrogens with two attached hydrogens (primary N) is 1. The molecule has 5 N–H and O–H groups in total. The molecule has 0 aromatic carbocycles. The Balaban J connectivity index is 1.84. The molecule has 0 spiro atoms. The molecule has 3 heterocycles. The van der Waals surface area contributed by atoms with Crippen LogP contribution < -0.4 is 5.73 Å². The van der Waals surface area contributed by atoms with Crippen LogP contribution in [0.2, 0.25) is 0 Å². The van der Waals surface area contributed by atoms with Crippen molar-refractivity contribution in [2.75, 3.05) is 12.3 Å². The van der Waals surface area contributed by atoms with Crippen LogP contribution in [0.1, 0.15) is 12.6 Å². The third-order valence-electron chi connectivity index (χ3n) is 3.29. The molecular formula is C10H13FN5O6P. The van der Waals surface area contributed by atoms with Crippen LogP contribution in [-0.2, 0) is 13.8 Å². The van der Waals surface area contributed by atoms with Crippen molar-refractivity contribution in [1.82, 2.24) is 19.5 Å². The fraction of sp³-hybridized carbons (Fsp3) is 0.500. The quantitative estimate of drug-likeness (QED) is 0.409. The summed E-state index contributed by atoms with van der Waals surface area (Å²) in [6, 6.07) is 0. The summed E-state index contributed by atoms with van der Waals surface area (Å²) in [6.07, 6.45) is -2.49. The number of fused-ring (bicyclic) bond motifs is 1. The summed E-state index contributed by atoms with van der Waals surface area (Å²) < 4.78 is 35.1. The molecule has 1 aliphatic rings. The number of ether oxygens (including phenoxy) is 1. The van der Waals surface area contributed by atoms with E-state index in [2.05, 4.69) is 19.5 Å². The number of halogens is 1. The summed E-state index contributed by atoms with van der Waals surface area (Å²) in [5.41, 5.74) is 5.74. The maximum Gasteiger partial charge on any atom is 0.469 e. The molecule has 3 atom stereocenters. The molecule has 11 nitrogen and oxygen atoms in total. The number of phosphoric ester groups is 1. The van der Waals surface area contributed by atoms with Crippen molar-refractivity contribution >= 4 is 24.8 Å². The van der Waals surface area contributed by atoms with Crippen LogP contribution in [0.25, 0.3) is 11.2 Å². The predicted octanol–water partition coefficient (Wildman–Crippen LogP) is -0.695. The Morgan fingerprint density at radius 2 is 2.26 bits per heavy atom. The third kappa shape index (κ3) is 3.32. The lowest BCUT2D eigenvalue weighted by Gasteiger charge is -2.17. The van der Waals surface area contributed by atoms with Crippen LogP contribution in [0.3, 0.4) is 0 Å². The van der Waals surface area contributed by atoms with Gasteiger partial charge in [-0.05, 0) is 0 Å². The highest BCUT2D eigenvalue weighted by molar-refractivity contribution is 7.46. The van der Waals surface area contributed by atoms with E-state index in [4.69, 9.17) is 20.3 Å². The molecule has 0 aliphatic carbocycles. The third-order valence-corrected chi connectivity index (χ3v) is 3.77. The number of anilines is 1. The molecule has 1 unspecified atom stereocenters. The Kier molecular flexibility index (Phi) is 4.04. The van der Waals surface area contributed by atoms with Gasteiger partial charge in [0.15, 0.2) is 23.2 Å². The van der Waals surface area contributed by atoms with Gasteiger partial charge < -0.3 is 25.4 Å². The van der Waals surface area contributed by atoms with Crippen molar-refractivity contribution in [1.29, 1.82) is 0 Å². The number of aliphatic hydroxyl groups excluding tert-OH is 1. The molecule has 0 bridgehead atoms. The van der Waals surface area contributed by atoms with E-state index < -0.39 is 38.9 Å². The second-order valence-electron chi connectivity index (χ2n) is 4.94. The summed E-state index contributed by atoms with van der Waals surface area (Å²) in [5.74, 6) is -0.153. The zero-order chi connectivity index (χ0) is 16.8. The molecule has 0 amide bonds. The first-order valence-electron chi connectivity index (χ1n) is 6.44. The molecule has 1 fully saturated rings. The molecule has 1 aliphatic heterocycles. The van der Waals surface area contributed by atoms with E-state index in [1.165, 1.54) is 10.9 Å². The average Bonchev–Trinajstić information content (AvgIpc) is 2.99. The summed E-state index contributed by atoms with van der Waals surface area (Å²) in [4.78, 5) is 28.2. The van der Waals surface area contributed by atoms with Gasteiger partial charge in [0.2, 0.25) is 0 Å². The Morgan fingerprint density at radius 3 is 2.96 bits per heavy atom. The van der Waals surface area contributed by atoms with Crippen LogP contribution >= 0.6 is 7.82 Å². The van der Waals surface area contributed by atoms with Gasteiger partial charge in [-0.15, -0.1) is 0 Å². The van der Waals surface area contributed by atoms with E-state index >= 15 is 0 Å². The molecular weight excluding hydrogens is 336 g/mol. The van der Waals surface area contributed by atoms with E-state index in [0.717, 1.165) is 0 Å². The first-order chi connectivity index (χ1) is 10.7. The lowest BCUT2D eigenvalue weighted by atomic mass is 10.2. The van der Waals surface area contributed by atoms with Crippen LogP contribution in [-0.4, -0.2) is 53.2 Å². The first-order valence-corrected chi connectivity index (χ1v) is 7.97. The number of hydrogen-bond acceptors (Lipinski definition) is 8. The van der Waals surface area contributed by atoms with Gasteiger partial charge in [-0.25, -0.2) is 9.55 Å². The normalized spacial score (nSPS) is 25.3. The second kappa shape index (κ2) is 5.74. The number of aliphatic hydroxyl groups is 1. The van der Waals surface area contributed by atoms with Gasteiger partial charge in [0.1, 0.15) is 6.10 Å². The van der Waals surface area contributed by atoms with Crippen LogP contribution in [0.15, 0.2) is 6.33 Å². The molecule has 23 heavy (non-hydrogen) atoms. The van der Waals surface area contributed by atoms with Crippen LogP contribution in [0.5, 0.6) is 0 Å². The standard InChI is InChI=1S/C10H13FN5O6P/c11-10-14-7(12)6-8(15-10)16(3-13-6)9-5(17)1-4(22-9)2-21-23(18,19)20/h3-5,9,17H,1-2H2,(H2,12,14,15)(H2,18,19,20)/t4-,5?,9+/m0/s1. The fourth-order valence-corrected chi connectivity index (χ4v) is 2.73. The Labute approximate surface area is 128 Å². The van der Waals surface area contributed by atoms with Crippen molar-refractivity contribution in [3.63, 3.8) is 0 Å². The van der Waals surface area contributed by atoms with Gasteiger partial charge >= 0.3 is 13.9 Å². The molecule has 0 saturated carbocycles. The summed E-state index contributed by atoms with van der Waals surface area (Å²) in [6.45, 7) is -0.407. The maximum absolute atomic E-state index is 13.3. The molecule has 13 heteroatoms. The highest BCUT2D eigenvalue weighted by atomic mass is 31.2. The zero-order valence-electron chi connectivity index (χ0n) is 11.5. The Bertz CT molecular complexity index is 780. The number of phosphoric acid groups is 1. The molecule has 1 saturated heterocycles. The minimum atomic E-state index is -4.64. The Morgan fingerprint density at radius 1 is 1.52 bits per heavy atom. The van der Waals surface area contributed by atoms with Gasteiger partial charge in [-0.3, -0.25) is 9.09 Å². The van der Waals surface area contributed by atoms with E-state index in [9.17, 15) is 14.1 Å². The number of hydrogen-bond donors (Lipinski definition) is 4. The molecule has 126 valence electrons. The zero-order valence-corrected chi connectivity index (χ0v) is 12.4. The topological polar surface area (TPSA) is 166 Å². The van der Waals surface area contributed by atoms with Crippen LogP contribution in [0.4, 0.5) is 10.2 Å². The molecule has 2 aromatic heterocycles. The van der Waals surface area contributed by atoms with E-state index in [1.54, 1.807) is 0 Å². The van der Waals surface area contributed by atoms with E-state index in [1.807, 2.05) is 0 Å². The highest BCUT2D eigenvalue weighted by Crippen LogP contribution is 2.38. The Hall–Kier alpha value is -1.69.